The average Bonchev–Trinajstić information content (AvgIpc) is 2.79. The zero-order valence-corrected chi connectivity index (χ0v) is 13.9. The Hall–Kier alpha value is -1.83. The summed E-state index contributed by atoms with van der Waals surface area (Å²) in [6, 6.07) is 0. The minimum atomic E-state index is -0.551. The van der Waals surface area contributed by atoms with Crippen molar-refractivity contribution in [2.45, 2.75) is 38.9 Å². The quantitative estimate of drug-likeness (QED) is 0.783. The van der Waals surface area contributed by atoms with Crippen LogP contribution in [0.5, 0.6) is 0 Å². The van der Waals surface area contributed by atoms with E-state index in [0.717, 1.165) is 0 Å². The fourth-order valence-electron chi connectivity index (χ4n) is 2.71. The van der Waals surface area contributed by atoms with E-state index >= 15 is 0 Å². The average molecular weight is 327 g/mol. The highest BCUT2D eigenvalue weighted by molar-refractivity contribution is 5.88. The molecule has 2 fully saturated rings. The van der Waals surface area contributed by atoms with Crippen LogP contribution in [0.25, 0.3) is 0 Å². The number of hydrogen-bond acceptors (Lipinski definition) is 5. The third kappa shape index (κ3) is 4.82. The van der Waals surface area contributed by atoms with Crippen molar-refractivity contribution in [3.05, 3.63) is 0 Å². The lowest BCUT2D eigenvalue weighted by Gasteiger charge is -2.35. The number of morpholine rings is 1. The van der Waals surface area contributed by atoms with Crippen LogP contribution in [0.3, 0.4) is 0 Å². The molecule has 2 N–H and O–H groups in total. The molecule has 8 nitrogen and oxygen atoms in total. The summed E-state index contributed by atoms with van der Waals surface area (Å²) in [4.78, 5) is 38.4. The van der Waals surface area contributed by atoms with Crippen LogP contribution in [-0.2, 0) is 19.1 Å². The Labute approximate surface area is 135 Å². The van der Waals surface area contributed by atoms with Crippen LogP contribution in [0, 0.1) is 5.92 Å². The predicted octanol–water partition coefficient (Wildman–Crippen LogP) is -0.0439. The molecule has 2 heterocycles. The van der Waals surface area contributed by atoms with Crippen molar-refractivity contribution < 1.29 is 23.9 Å². The molecule has 0 aromatic carbocycles. The lowest BCUT2D eigenvalue weighted by molar-refractivity contribution is -0.130. The topological polar surface area (TPSA) is 102 Å². The standard InChI is InChI=1S/C15H25N3O5/c1-15(2,3)23-14(21)17-4-5-22-11(8-17)9-18-7-10(13(16)20)6-12(18)19/h10-11H,4-9H2,1-3H3,(H2,16,20)/t10?,11-/m0/s1. The van der Waals surface area contributed by atoms with Crippen molar-refractivity contribution in [1.29, 1.82) is 0 Å². The van der Waals surface area contributed by atoms with E-state index in [1.54, 1.807) is 9.80 Å². The lowest BCUT2D eigenvalue weighted by atomic mass is 10.1. The third-order valence-electron chi connectivity index (χ3n) is 3.83. The van der Waals surface area contributed by atoms with Gasteiger partial charge in [-0.05, 0) is 20.8 Å². The normalized spacial score (nSPS) is 25.6. The molecule has 3 amide bonds. The number of carbonyl (C=O) groups is 3. The van der Waals surface area contributed by atoms with Crippen LogP contribution in [0.15, 0.2) is 0 Å². The minimum Gasteiger partial charge on any atom is -0.444 e. The van der Waals surface area contributed by atoms with E-state index in [0.29, 0.717) is 32.8 Å². The zero-order valence-electron chi connectivity index (χ0n) is 13.9. The van der Waals surface area contributed by atoms with E-state index in [2.05, 4.69) is 0 Å². The fourth-order valence-corrected chi connectivity index (χ4v) is 2.71. The summed E-state index contributed by atoms with van der Waals surface area (Å²) in [5.41, 5.74) is 4.71. The summed E-state index contributed by atoms with van der Waals surface area (Å²) in [6.07, 6.45) is -0.516. The van der Waals surface area contributed by atoms with Gasteiger partial charge in [0.15, 0.2) is 0 Å². The van der Waals surface area contributed by atoms with E-state index in [1.165, 1.54) is 0 Å². The molecule has 2 aliphatic heterocycles. The summed E-state index contributed by atoms with van der Waals surface area (Å²) in [5, 5.41) is 0. The highest BCUT2D eigenvalue weighted by Crippen LogP contribution is 2.19. The van der Waals surface area contributed by atoms with E-state index in [4.69, 9.17) is 15.2 Å². The highest BCUT2D eigenvalue weighted by atomic mass is 16.6. The maximum atomic E-state index is 12.1. The lowest BCUT2D eigenvalue weighted by Crippen LogP contribution is -2.51. The number of hydrogen-bond donors (Lipinski definition) is 1. The van der Waals surface area contributed by atoms with Crippen molar-refractivity contribution in [3.8, 4) is 0 Å². The molecule has 23 heavy (non-hydrogen) atoms. The van der Waals surface area contributed by atoms with Gasteiger partial charge < -0.3 is 25.0 Å². The van der Waals surface area contributed by atoms with Gasteiger partial charge in [0.2, 0.25) is 11.8 Å². The van der Waals surface area contributed by atoms with Gasteiger partial charge in [0, 0.05) is 26.1 Å². The molecule has 0 radical (unpaired) electrons. The van der Waals surface area contributed by atoms with Gasteiger partial charge in [0.25, 0.3) is 0 Å². The van der Waals surface area contributed by atoms with Gasteiger partial charge in [-0.25, -0.2) is 4.79 Å². The van der Waals surface area contributed by atoms with Crippen LogP contribution < -0.4 is 5.73 Å². The van der Waals surface area contributed by atoms with Crippen molar-refractivity contribution in [2.75, 3.05) is 32.8 Å². The first-order chi connectivity index (χ1) is 10.7. The molecule has 1 unspecified atom stereocenters. The molecule has 0 aromatic rings. The number of carbonyl (C=O) groups excluding carboxylic acids is 3. The first-order valence-corrected chi connectivity index (χ1v) is 7.82. The van der Waals surface area contributed by atoms with Crippen molar-refractivity contribution in [1.82, 2.24) is 9.80 Å². The molecule has 8 heteroatoms. The molecule has 0 bridgehead atoms. The second-order valence-corrected chi connectivity index (χ2v) is 7.02. The maximum Gasteiger partial charge on any atom is 0.410 e. The van der Waals surface area contributed by atoms with Gasteiger partial charge in [-0.15, -0.1) is 0 Å². The van der Waals surface area contributed by atoms with Gasteiger partial charge in [0.1, 0.15) is 5.60 Å². The summed E-state index contributed by atoms with van der Waals surface area (Å²) in [5.74, 6) is -0.999. The number of primary amides is 1. The molecule has 130 valence electrons. The van der Waals surface area contributed by atoms with Crippen LogP contribution >= 0.6 is 0 Å². The molecule has 2 rings (SSSR count). The largest absolute Gasteiger partial charge is 0.444 e. The van der Waals surface area contributed by atoms with E-state index in [9.17, 15) is 14.4 Å². The zero-order chi connectivity index (χ0) is 17.2. The number of amides is 3. The Kier molecular flexibility index (Phi) is 5.13. The van der Waals surface area contributed by atoms with Gasteiger partial charge in [-0.2, -0.15) is 0 Å². The third-order valence-corrected chi connectivity index (χ3v) is 3.83. The first kappa shape index (κ1) is 17.5. The molecule has 0 saturated carbocycles. The minimum absolute atomic E-state index is 0.105. The monoisotopic (exact) mass is 327 g/mol. The Morgan fingerprint density at radius 2 is 2.04 bits per heavy atom. The molecule has 0 spiro atoms. The van der Waals surface area contributed by atoms with Gasteiger partial charge in [-0.1, -0.05) is 0 Å². The molecular weight excluding hydrogens is 302 g/mol. The van der Waals surface area contributed by atoms with Crippen LogP contribution in [-0.4, -0.2) is 72.2 Å². The molecule has 2 aliphatic rings. The summed E-state index contributed by atoms with van der Waals surface area (Å²) >= 11 is 0. The number of nitrogens with zero attached hydrogens (tertiary/aromatic N) is 2. The Morgan fingerprint density at radius 3 is 2.61 bits per heavy atom. The second-order valence-electron chi connectivity index (χ2n) is 7.02. The highest BCUT2D eigenvalue weighted by Gasteiger charge is 2.36. The molecular formula is C15H25N3O5. The second kappa shape index (κ2) is 6.74. The van der Waals surface area contributed by atoms with Crippen LogP contribution in [0.4, 0.5) is 4.79 Å². The SMILES string of the molecule is CC(C)(C)OC(=O)N1CCO[C@H](CN2CC(C(N)=O)CC2=O)C1. The van der Waals surface area contributed by atoms with Gasteiger partial charge in [-0.3, -0.25) is 9.59 Å². The van der Waals surface area contributed by atoms with Crippen LogP contribution in [0.1, 0.15) is 27.2 Å². The Balaban J connectivity index is 1.88. The van der Waals surface area contributed by atoms with Gasteiger partial charge in [0.05, 0.1) is 25.2 Å². The molecule has 0 aromatic heterocycles. The summed E-state index contributed by atoms with van der Waals surface area (Å²) in [7, 11) is 0. The van der Waals surface area contributed by atoms with Gasteiger partial charge >= 0.3 is 6.09 Å². The maximum absolute atomic E-state index is 12.1. The predicted molar refractivity (Wildman–Crippen MR) is 81.4 cm³/mol. The Morgan fingerprint density at radius 1 is 1.35 bits per heavy atom. The first-order valence-electron chi connectivity index (χ1n) is 7.82. The number of rotatable bonds is 3. The van der Waals surface area contributed by atoms with E-state index in [1.807, 2.05) is 20.8 Å². The number of ether oxygens (including phenoxy) is 2. The van der Waals surface area contributed by atoms with E-state index < -0.39 is 17.4 Å². The molecule has 2 atom stereocenters. The fraction of sp³-hybridized carbons (Fsp3) is 0.800. The Bertz CT molecular complexity index is 488. The van der Waals surface area contributed by atoms with Crippen molar-refractivity contribution in [3.63, 3.8) is 0 Å². The number of nitrogens with two attached hydrogens (primary N) is 1. The summed E-state index contributed by atoms with van der Waals surface area (Å²) in [6.45, 7) is 7.33. The van der Waals surface area contributed by atoms with E-state index in [-0.39, 0.29) is 24.5 Å². The smallest absolute Gasteiger partial charge is 0.410 e. The summed E-state index contributed by atoms with van der Waals surface area (Å²) < 4.78 is 11.0. The van der Waals surface area contributed by atoms with Crippen molar-refractivity contribution >= 4 is 17.9 Å². The van der Waals surface area contributed by atoms with Crippen molar-refractivity contribution in [2.24, 2.45) is 11.7 Å². The molecule has 2 saturated heterocycles. The molecule has 0 aliphatic carbocycles. The number of likely N-dealkylation sites (tertiary alicyclic amines) is 1. The van der Waals surface area contributed by atoms with Crippen LogP contribution in [0.2, 0.25) is 0 Å².